The maximum atomic E-state index is 13.9. The van der Waals surface area contributed by atoms with Gasteiger partial charge in [0.2, 0.25) is 0 Å². The molecule has 1 aliphatic heterocycles. The molecule has 0 atom stereocenters. The number of anilines is 1. The van der Waals surface area contributed by atoms with Crippen molar-refractivity contribution in [2.24, 2.45) is 0 Å². The van der Waals surface area contributed by atoms with Gasteiger partial charge in [-0.3, -0.25) is 4.79 Å². The lowest BCUT2D eigenvalue weighted by molar-refractivity contribution is 0.312. The first-order chi connectivity index (χ1) is 14.4. The van der Waals surface area contributed by atoms with Gasteiger partial charge in [-0.05, 0) is 50.2 Å². The minimum atomic E-state index is -0.242. The summed E-state index contributed by atoms with van der Waals surface area (Å²) in [6.45, 7) is 7.50. The van der Waals surface area contributed by atoms with Gasteiger partial charge in [-0.15, -0.1) is 0 Å². The molecule has 0 amide bonds. The van der Waals surface area contributed by atoms with E-state index >= 15 is 0 Å². The summed E-state index contributed by atoms with van der Waals surface area (Å²) in [5.74, 6) is -0.242. The molecule has 156 valence electrons. The summed E-state index contributed by atoms with van der Waals surface area (Å²) < 4.78 is 15.4. The zero-order chi connectivity index (χ0) is 21.3. The number of piperazine rings is 1. The molecule has 2 heterocycles. The Morgan fingerprint density at radius 3 is 2.37 bits per heavy atom. The van der Waals surface area contributed by atoms with Crippen LogP contribution in [0, 0.1) is 19.7 Å². The van der Waals surface area contributed by atoms with Crippen molar-refractivity contribution >= 4 is 5.69 Å². The van der Waals surface area contributed by atoms with E-state index in [1.165, 1.54) is 6.07 Å². The van der Waals surface area contributed by atoms with Crippen LogP contribution in [-0.2, 0) is 6.54 Å². The van der Waals surface area contributed by atoms with Crippen LogP contribution in [0.5, 0.6) is 0 Å². The Morgan fingerprint density at radius 1 is 1.00 bits per heavy atom. The van der Waals surface area contributed by atoms with Crippen molar-refractivity contribution < 1.29 is 4.39 Å². The standard InChI is InChI=1S/C24H27FN4O/c1-17-15-20(9-10-21(17)25)22-18(2)23(28-13-11-27(3)12-14-28)24(30)29(26-22)16-19-7-5-4-6-8-19/h4-10,15H,11-14,16H2,1-3H3. The van der Waals surface area contributed by atoms with Gasteiger partial charge in [-0.2, -0.15) is 5.10 Å². The highest BCUT2D eigenvalue weighted by Gasteiger charge is 2.23. The number of hydrogen-bond acceptors (Lipinski definition) is 4. The quantitative estimate of drug-likeness (QED) is 0.665. The van der Waals surface area contributed by atoms with Crippen LogP contribution < -0.4 is 10.5 Å². The molecule has 2 aromatic carbocycles. The first-order valence-corrected chi connectivity index (χ1v) is 10.3. The average Bonchev–Trinajstić information content (AvgIpc) is 2.74. The molecule has 0 spiro atoms. The highest BCUT2D eigenvalue weighted by Crippen LogP contribution is 2.28. The molecule has 0 aliphatic carbocycles. The lowest BCUT2D eigenvalue weighted by atomic mass is 10.0. The Balaban J connectivity index is 1.86. The third-order valence-corrected chi connectivity index (χ3v) is 5.79. The van der Waals surface area contributed by atoms with Gasteiger partial charge in [0.25, 0.3) is 5.56 Å². The molecular weight excluding hydrogens is 379 g/mol. The highest BCUT2D eigenvalue weighted by atomic mass is 19.1. The fraction of sp³-hybridized carbons (Fsp3) is 0.333. The average molecular weight is 407 g/mol. The third kappa shape index (κ3) is 4.00. The smallest absolute Gasteiger partial charge is 0.290 e. The van der Waals surface area contributed by atoms with E-state index < -0.39 is 0 Å². The Bertz CT molecular complexity index is 1100. The van der Waals surface area contributed by atoms with Crippen LogP contribution in [0.4, 0.5) is 10.1 Å². The topological polar surface area (TPSA) is 41.4 Å². The molecule has 0 N–H and O–H groups in total. The van der Waals surface area contributed by atoms with Crippen molar-refractivity contribution in [2.75, 3.05) is 38.1 Å². The van der Waals surface area contributed by atoms with Gasteiger partial charge in [0.15, 0.2) is 0 Å². The lowest BCUT2D eigenvalue weighted by Gasteiger charge is -2.34. The van der Waals surface area contributed by atoms with Gasteiger partial charge in [0, 0.05) is 37.3 Å². The van der Waals surface area contributed by atoms with E-state index in [0.29, 0.717) is 17.8 Å². The van der Waals surface area contributed by atoms with Crippen molar-refractivity contribution in [3.05, 3.63) is 81.4 Å². The minimum Gasteiger partial charge on any atom is -0.364 e. The van der Waals surface area contributed by atoms with E-state index in [9.17, 15) is 9.18 Å². The number of hydrogen-bond donors (Lipinski definition) is 0. The molecule has 5 nitrogen and oxygen atoms in total. The third-order valence-electron chi connectivity index (χ3n) is 5.79. The van der Waals surface area contributed by atoms with Gasteiger partial charge in [0.05, 0.1) is 12.2 Å². The first kappa shape index (κ1) is 20.3. The van der Waals surface area contributed by atoms with Crippen LogP contribution in [0.15, 0.2) is 53.3 Å². The van der Waals surface area contributed by atoms with E-state index in [0.717, 1.165) is 48.6 Å². The summed E-state index contributed by atoms with van der Waals surface area (Å²) >= 11 is 0. The van der Waals surface area contributed by atoms with Gasteiger partial charge in [-0.1, -0.05) is 30.3 Å². The number of aromatic nitrogens is 2. The lowest BCUT2D eigenvalue weighted by Crippen LogP contribution is -2.47. The van der Waals surface area contributed by atoms with Gasteiger partial charge >= 0.3 is 0 Å². The van der Waals surface area contributed by atoms with Crippen LogP contribution in [0.2, 0.25) is 0 Å². The minimum absolute atomic E-state index is 0.0801. The van der Waals surface area contributed by atoms with Crippen molar-refractivity contribution in [3.8, 4) is 11.3 Å². The van der Waals surface area contributed by atoms with Crippen LogP contribution in [-0.4, -0.2) is 47.9 Å². The summed E-state index contributed by atoms with van der Waals surface area (Å²) in [6, 6.07) is 14.9. The number of halogens is 1. The molecule has 0 unspecified atom stereocenters. The summed E-state index contributed by atoms with van der Waals surface area (Å²) in [4.78, 5) is 17.9. The number of aryl methyl sites for hydroxylation is 1. The Labute approximate surface area is 176 Å². The maximum Gasteiger partial charge on any atom is 0.290 e. The van der Waals surface area contributed by atoms with E-state index in [2.05, 4.69) is 16.8 Å². The van der Waals surface area contributed by atoms with Crippen LogP contribution in [0.3, 0.4) is 0 Å². The normalized spacial score (nSPS) is 14.9. The zero-order valence-electron chi connectivity index (χ0n) is 17.7. The number of nitrogens with zero attached hydrogens (tertiary/aromatic N) is 4. The molecule has 0 bridgehead atoms. The first-order valence-electron chi connectivity index (χ1n) is 10.3. The van der Waals surface area contributed by atoms with Crippen molar-refractivity contribution in [1.82, 2.24) is 14.7 Å². The second kappa shape index (κ2) is 8.40. The second-order valence-corrected chi connectivity index (χ2v) is 8.02. The van der Waals surface area contributed by atoms with Gasteiger partial charge in [0.1, 0.15) is 11.5 Å². The fourth-order valence-electron chi connectivity index (χ4n) is 3.97. The van der Waals surface area contributed by atoms with Crippen LogP contribution >= 0.6 is 0 Å². The molecular formula is C24H27FN4O. The molecule has 0 radical (unpaired) electrons. The van der Waals surface area contributed by atoms with Gasteiger partial charge in [-0.25, -0.2) is 9.07 Å². The maximum absolute atomic E-state index is 13.9. The zero-order valence-corrected chi connectivity index (χ0v) is 17.7. The summed E-state index contributed by atoms with van der Waals surface area (Å²) in [6.07, 6.45) is 0. The molecule has 6 heteroatoms. The number of rotatable bonds is 4. The van der Waals surface area contributed by atoms with Crippen molar-refractivity contribution in [1.29, 1.82) is 0 Å². The predicted molar refractivity (Wildman–Crippen MR) is 119 cm³/mol. The molecule has 4 rings (SSSR count). The summed E-state index contributed by atoms with van der Waals surface area (Å²) in [5, 5.41) is 4.72. The van der Waals surface area contributed by atoms with E-state index in [1.54, 1.807) is 23.7 Å². The molecule has 3 aromatic rings. The molecule has 1 aliphatic rings. The molecule has 30 heavy (non-hydrogen) atoms. The molecule has 1 saturated heterocycles. The number of likely N-dealkylation sites (N-methyl/N-ethyl adjacent to an activating group) is 1. The van der Waals surface area contributed by atoms with E-state index in [4.69, 9.17) is 5.10 Å². The molecule has 1 fully saturated rings. The summed E-state index contributed by atoms with van der Waals surface area (Å²) in [7, 11) is 2.09. The second-order valence-electron chi connectivity index (χ2n) is 8.02. The van der Waals surface area contributed by atoms with Crippen molar-refractivity contribution in [2.45, 2.75) is 20.4 Å². The highest BCUT2D eigenvalue weighted by molar-refractivity contribution is 5.70. The monoisotopic (exact) mass is 406 g/mol. The molecule has 0 saturated carbocycles. The summed E-state index contributed by atoms with van der Waals surface area (Å²) in [5.41, 5.74) is 4.60. The van der Waals surface area contributed by atoms with Gasteiger partial charge < -0.3 is 9.80 Å². The Hall–Kier alpha value is -2.99. The fourth-order valence-corrected chi connectivity index (χ4v) is 3.97. The largest absolute Gasteiger partial charge is 0.364 e. The Morgan fingerprint density at radius 2 is 1.70 bits per heavy atom. The van der Waals surface area contributed by atoms with Crippen LogP contribution in [0.1, 0.15) is 16.7 Å². The van der Waals surface area contributed by atoms with Crippen LogP contribution in [0.25, 0.3) is 11.3 Å². The van der Waals surface area contributed by atoms with E-state index in [-0.39, 0.29) is 11.4 Å². The predicted octanol–water partition coefficient (Wildman–Crippen LogP) is 3.47. The van der Waals surface area contributed by atoms with E-state index in [1.807, 2.05) is 37.3 Å². The Kier molecular flexibility index (Phi) is 5.68. The molecule has 1 aromatic heterocycles. The SMILES string of the molecule is Cc1cc(-c2nn(Cc3ccccc3)c(=O)c(N3CCN(C)CC3)c2C)ccc1F. The van der Waals surface area contributed by atoms with Crippen molar-refractivity contribution in [3.63, 3.8) is 0 Å². The number of benzene rings is 2.